The van der Waals surface area contributed by atoms with E-state index in [0.29, 0.717) is 29.3 Å². The van der Waals surface area contributed by atoms with Gasteiger partial charge in [-0.05, 0) is 80.9 Å². The Balaban J connectivity index is 1.31. The summed E-state index contributed by atoms with van der Waals surface area (Å²) in [5, 5.41) is 5.18. The van der Waals surface area contributed by atoms with Gasteiger partial charge in [0.05, 0.1) is 6.61 Å². The van der Waals surface area contributed by atoms with E-state index >= 15 is 0 Å². The van der Waals surface area contributed by atoms with Crippen LogP contribution < -0.4 is 14.8 Å². The van der Waals surface area contributed by atoms with Gasteiger partial charge in [-0.15, -0.1) is 0 Å². The van der Waals surface area contributed by atoms with Gasteiger partial charge in [0, 0.05) is 33.8 Å². The van der Waals surface area contributed by atoms with Crippen molar-refractivity contribution in [2.24, 2.45) is 23.7 Å². The molecule has 0 heterocycles. The van der Waals surface area contributed by atoms with Crippen LogP contribution in [0.5, 0.6) is 11.5 Å². The van der Waals surface area contributed by atoms with E-state index in [-0.39, 0.29) is 0 Å². The summed E-state index contributed by atoms with van der Waals surface area (Å²) in [6.45, 7) is 3.78. The van der Waals surface area contributed by atoms with E-state index in [4.69, 9.17) is 32.7 Å². The fourth-order valence-electron chi connectivity index (χ4n) is 6.41. The van der Waals surface area contributed by atoms with Crippen molar-refractivity contribution in [2.75, 3.05) is 6.61 Å². The number of rotatable bonds is 8. The minimum atomic E-state index is 0.380. The van der Waals surface area contributed by atoms with Gasteiger partial charge >= 0.3 is 0 Å². The molecule has 166 valence electrons. The predicted octanol–water partition coefficient (Wildman–Crippen LogP) is 6.89. The highest BCUT2D eigenvalue weighted by Gasteiger charge is 2.47. The van der Waals surface area contributed by atoms with Crippen LogP contribution in [0.1, 0.15) is 50.2 Å². The highest BCUT2D eigenvalue weighted by molar-refractivity contribution is 6.35. The third-order valence-corrected chi connectivity index (χ3v) is 8.09. The van der Waals surface area contributed by atoms with E-state index in [1.165, 1.54) is 32.1 Å². The summed E-state index contributed by atoms with van der Waals surface area (Å²) in [5.74, 6) is 5.28. The molecule has 0 aromatic heterocycles. The molecule has 2 aromatic rings. The molecule has 4 aliphatic carbocycles. The maximum absolute atomic E-state index is 6.36. The lowest BCUT2D eigenvalue weighted by molar-refractivity contribution is -0.0143. The Labute approximate surface area is 195 Å². The first-order valence-corrected chi connectivity index (χ1v) is 12.4. The van der Waals surface area contributed by atoms with Gasteiger partial charge < -0.3 is 14.8 Å². The summed E-state index contributed by atoms with van der Waals surface area (Å²) in [5.41, 5.74) is 2.06. The first kappa shape index (κ1) is 21.4. The van der Waals surface area contributed by atoms with Crippen LogP contribution >= 0.6 is 23.2 Å². The second-order valence-corrected chi connectivity index (χ2v) is 10.4. The molecule has 4 bridgehead atoms. The molecule has 6 rings (SSSR count). The minimum absolute atomic E-state index is 0.380. The fraction of sp³-hybridized carbons (Fsp3) is 0.538. The molecule has 0 spiro atoms. The van der Waals surface area contributed by atoms with Crippen molar-refractivity contribution >= 4 is 23.2 Å². The van der Waals surface area contributed by atoms with Crippen LogP contribution in [0.2, 0.25) is 10.0 Å². The fourth-order valence-corrected chi connectivity index (χ4v) is 6.87. The number of benzene rings is 2. The van der Waals surface area contributed by atoms with Crippen molar-refractivity contribution < 1.29 is 9.47 Å². The SMILES string of the molecule is CCOc1cccc(CNC2C3CC4CC(C3)CC2C4)c1OCc1ccc(Cl)cc1Cl. The number of hydrogen-bond donors (Lipinski definition) is 1. The lowest BCUT2D eigenvalue weighted by Gasteiger charge is -2.54. The van der Waals surface area contributed by atoms with E-state index in [0.717, 1.165) is 52.8 Å². The molecule has 31 heavy (non-hydrogen) atoms. The molecule has 0 atom stereocenters. The largest absolute Gasteiger partial charge is 0.490 e. The van der Waals surface area contributed by atoms with Gasteiger partial charge in [-0.1, -0.05) is 41.4 Å². The molecule has 4 aliphatic rings. The van der Waals surface area contributed by atoms with E-state index in [2.05, 4.69) is 17.4 Å². The molecule has 3 nitrogen and oxygen atoms in total. The monoisotopic (exact) mass is 459 g/mol. The topological polar surface area (TPSA) is 30.5 Å². The zero-order valence-electron chi connectivity index (χ0n) is 18.1. The van der Waals surface area contributed by atoms with Gasteiger partial charge in [0.15, 0.2) is 11.5 Å². The predicted molar refractivity (Wildman–Crippen MR) is 126 cm³/mol. The van der Waals surface area contributed by atoms with E-state index in [1.54, 1.807) is 6.07 Å². The third-order valence-electron chi connectivity index (χ3n) is 7.50. The first-order valence-electron chi connectivity index (χ1n) is 11.7. The molecule has 2 aromatic carbocycles. The number of ether oxygens (including phenoxy) is 2. The molecule has 5 heteroatoms. The van der Waals surface area contributed by atoms with Crippen molar-refractivity contribution in [3.63, 3.8) is 0 Å². The molecule has 0 amide bonds. The molecule has 0 unspecified atom stereocenters. The summed E-state index contributed by atoms with van der Waals surface area (Å²) < 4.78 is 12.2. The molecule has 0 aliphatic heterocycles. The Hall–Kier alpha value is -1.42. The third kappa shape index (κ3) is 4.55. The van der Waals surface area contributed by atoms with Crippen LogP contribution in [0, 0.1) is 23.7 Å². The lowest BCUT2D eigenvalue weighted by Crippen LogP contribution is -2.54. The van der Waals surface area contributed by atoms with Crippen molar-refractivity contribution in [2.45, 2.75) is 58.2 Å². The first-order chi connectivity index (χ1) is 15.1. The van der Waals surface area contributed by atoms with E-state index in [9.17, 15) is 0 Å². The number of para-hydroxylation sites is 1. The normalized spacial score (nSPS) is 28.7. The summed E-state index contributed by atoms with van der Waals surface area (Å²) >= 11 is 12.4. The van der Waals surface area contributed by atoms with Gasteiger partial charge in [0.2, 0.25) is 0 Å². The average molecular weight is 460 g/mol. The Bertz CT molecular complexity index is 904. The molecule has 4 saturated carbocycles. The summed E-state index contributed by atoms with van der Waals surface area (Å²) in [6, 6.07) is 12.3. The number of halogens is 2. The summed E-state index contributed by atoms with van der Waals surface area (Å²) in [4.78, 5) is 0. The van der Waals surface area contributed by atoms with Crippen molar-refractivity contribution in [3.8, 4) is 11.5 Å². The maximum Gasteiger partial charge on any atom is 0.166 e. The Morgan fingerprint density at radius 1 is 0.903 bits per heavy atom. The number of nitrogens with one attached hydrogen (secondary N) is 1. The molecule has 0 radical (unpaired) electrons. The van der Waals surface area contributed by atoms with Gasteiger partial charge in [-0.3, -0.25) is 0 Å². The minimum Gasteiger partial charge on any atom is -0.490 e. The second-order valence-electron chi connectivity index (χ2n) is 9.54. The van der Waals surface area contributed by atoms with Gasteiger partial charge in [-0.2, -0.15) is 0 Å². The molecule has 0 saturated heterocycles. The Kier molecular flexibility index (Phi) is 6.37. The zero-order valence-corrected chi connectivity index (χ0v) is 19.6. The van der Waals surface area contributed by atoms with Crippen molar-refractivity contribution in [3.05, 3.63) is 57.6 Å². The van der Waals surface area contributed by atoms with Crippen LogP contribution in [0.25, 0.3) is 0 Å². The second kappa shape index (κ2) is 9.21. The Morgan fingerprint density at radius 2 is 1.65 bits per heavy atom. The van der Waals surface area contributed by atoms with E-state index in [1.807, 2.05) is 25.1 Å². The van der Waals surface area contributed by atoms with Gasteiger partial charge in [-0.25, -0.2) is 0 Å². The van der Waals surface area contributed by atoms with Gasteiger partial charge in [0.25, 0.3) is 0 Å². The van der Waals surface area contributed by atoms with Crippen LogP contribution in [0.3, 0.4) is 0 Å². The average Bonchev–Trinajstić information content (AvgIpc) is 2.73. The highest BCUT2D eigenvalue weighted by atomic mass is 35.5. The van der Waals surface area contributed by atoms with Crippen LogP contribution in [0.15, 0.2) is 36.4 Å². The van der Waals surface area contributed by atoms with Crippen LogP contribution in [-0.4, -0.2) is 12.6 Å². The molecule has 1 N–H and O–H groups in total. The quantitative estimate of drug-likeness (QED) is 0.466. The summed E-state index contributed by atoms with van der Waals surface area (Å²) in [6.07, 6.45) is 7.16. The Morgan fingerprint density at radius 3 is 2.32 bits per heavy atom. The smallest absolute Gasteiger partial charge is 0.166 e. The highest BCUT2D eigenvalue weighted by Crippen LogP contribution is 2.53. The molecule has 4 fully saturated rings. The standard InChI is InChI=1S/C26H31Cl2NO2/c1-2-30-24-5-3-4-18(26(24)31-15-19-6-7-22(27)13-23(19)28)14-29-25-20-9-16-8-17(11-20)12-21(25)10-16/h3-7,13,16-17,20-21,25,29H,2,8-12,14-15H2,1H3. The molecular weight excluding hydrogens is 429 g/mol. The maximum atomic E-state index is 6.36. The van der Waals surface area contributed by atoms with Gasteiger partial charge in [0.1, 0.15) is 6.61 Å². The lowest BCUT2D eigenvalue weighted by atomic mass is 9.54. The zero-order chi connectivity index (χ0) is 21.4. The molecular formula is C26H31Cl2NO2. The van der Waals surface area contributed by atoms with Crippen molar-refractivity contribution in [1.82, 2.24) is 5.32 Å². The number of hydrogen-bond acceptors (Lipinski definition) is 3. The van der Waals surface area contributed by atoms with Crippen LogP contribution in [0.4, 0.5) is 0 Å². The summed E-state index contributed by atoms with van der Waals surface area (Å²) in [7, 11) is 0. The van der Waals surface area contributed by atoms with E-state index < -0.39 is 0 Å². The van der Waals surface area contributed by atoms with Crippen molar-refractivity contribution in [1.29, 1.82) is 0 Å². The van der Waals surface area contributed by atoms with Crippen LogP contribution in [-0.2, 0) is 13.2 Å².